The molecule has 0 bridgehead atoms. The van der Waals surface area contributed by atoms with E-state index in [4.69, 9.17) is 9.47 Å². The molecule has 2 unspecified atom stereocenters. The highest BCUT2D eigenvalue weighted by atomic mass is 16.5. The van der Waals surface area contributed by atoms with Gasteiger partial charge in [0.1, 0.15) is 5.75 Å². The van der Waals surface area contributed by atoms with Crippen LogP contribution in [-0.2, 0) is 9.53 Å². The highest BCUT2D eigenvalue weighted by Gasteiger charge is 2.29. The Balaban J connectivity index is 1.59. The molecule has 0 spiro atoms. The number of methoxy groups -OCH3 is 1. The molecule has 0 radical (unpaired) electrons. The number of imidazole rings is 1. The van der Waals surface area contributed by atoms with E-state index >= 15 is 0 Å². The van der Waals surface area contributed by atoms with E-state index in [1.165, 1.54) is 0 Å². The maximum Gasteiger partial charge on any atom is 0.335 e. The van der Waals surface area contributed by atoms with E-state index in [1.54, 1.807) is 32.6 Å². The number of hydrogen-bond donors (Lipinski definition) is 1. The number of rotatable bonds is 8. The van der Waals surface area contributed by atoms with Gasteiger partial charge in [0.15, 0.2) is 6.10 Å². The Morgan fingerprint density at radius 1 is 0.881 bits per heavy atom. The zero-order valence-corrected chi connectivity index (χ0v) is 24.6. The van der Waals surface area contributed by atoms with Gasteiger partial charge in [-0.2, -0.15) is 0 Å². The number of aromatic nitrogens is 2. The Morgan fingerprint density at radius 2 is 1.62 bits per heavy atom. The van der Waals surface area contributed by atoms with Gasteiger partial charge < -0.3 is 19.1 Å². The van der Waals surface area contributed by atoms with Crippen molar-refractivity contribution in [2.45, 2.75) is 46.6 Å². The van der Waals surface area contributed by atoms with E-state index in [2.05, 4.69) is 4.98 Å². The van der Waals surface area contributed by atoms with Crippen molar-refractivity contribution in [2.75, 3.05) is 7.11 Å². The fourth-order valence-electron chi connectivity index (χ4n) is 5.48. The molecule has 0 aliphatic carbocycles. The number of esters is 1. The predicted molar refractivity (Wildman–Crippen MR) is 163 cm³/mol. The highest BCUT2D eigenvalue weighted by Crippen LogP contribution is 2.38. The number of carbonyl (C=O) groups excluding carboxylic acids is 1. The van der Waals surface area contributed by atoms with Crippen LogP contribution in [0.5, 0.6) is 5.75 Å². The van der Waals surface area contributed by atoms with Gasteiger partial charge in [-0.1, -0.05) is 30.3 Å². The number of carboxylic acid groups (broad SMARTS) is 1. The van der Waals surface area contributed by atoms with Gasteiger partial charge in [0, 0.05) is 29.2 Å². The second-order valence-corrected chi connectivity index (χ2v) is 10.7. The average Bonchev–Trinajstić information content (AvgIpc) is 3.53. The Bertz CT molecular complexity index is 1810. The smallest absolute Gasteiger partial charge is 0.335 e. The van der Waals surface area contributed by atoms with Crippen LogP contribution in [0.1, 0.15) is 68.2 Å². The third-order valence-electron chi connectivity index (χ3n) is 8.16. The van der Waals surface area contributed by atoms with Crippen LogP contribution in [0.25, 0.3) is 16.5 Å². The lowest BCUT2D eigenvalue weighted by Gasteiger charge is -2.27. The minimum absolute atomic E-state index is 0.240. The maximum absolute atomic E-state index is 13.9. The second-order valence-electron chi connectivity index (χ2n) is 10.7. The number of nitrogens with zero attached hydrogens (tertiary/aromatic N) is 2. The van der Waals surface area contributed by atoms with Crippen molar-refractivity contribution >= 4 is 22.7 Å². The van der Waals surface area contributed by atoms with Crippen LogP contribution in [-0.4, -0.2) is 33.7 Å². The topological polar surface area (TPSA) is 90.7 Å². The van der Waals surface area contributed by atoms with Crippen molar-refractivity contribution < 1.29 is 24.2 Å². The SMILES string of the molecule is COc1ccc2cc(C(C)C(=O)OC(c3cc(-n4ccnc4)ccc3C)c3c(C)cc(C(=O)O)c(C)c3C)ccc2c1. The molecule has 214 valence electrons. The number of hydrogen-bond acceptors (Lipinski definition) is 5. The fourth-order valence-corrected chi connectivity index (χ4v) is 5.48. The first kappa shape index (κ1) is 28.6. The standard InChI is InChI=1S/C35H34N2O5/c1-20-7-11-28(37-14-13-36-19-37)18-30(20)33(32-21(2)15-31(34(38)39)22(3)23(32)4)42-35(40)24(5)25-8-9-27-17-29(41-6)12-10-26(27)16-25/h7-19,24,33H,1-6H3,(H,38,39). The number of carbonyl (C=O) groups is 2. The molecular weight excluding hydrogens is 528 g/mol. The first-order valence-corrected chi connectivity index (χ1v) is 13.8. The third-order valence-corrected chi connectivity index (χ3v) is 8.16. The van der Waals surface area contributed by atoms with Crippen LogP contribution in [0.4, 0.5) is 0 Å². The summed E-state index contributed by atoms with van der Waals surface area (Å²) < 4.78 is 13.7. The lowest BCUT2D eigenvalue weighted by atomic mass is 9.86. The van der Waals surface area contributed by atoms with Gasteiger partial charge in [0.2, 0.25) is 0 Å². The zero-order chi connectivity index (χ0) is 30.1. The number of carboxylic acids is 1. The fraction of sp³-hybridized carbons (Fsp3) is 0.229. The molecule has 0 aliphatic rings. The van der Waals surface area contributed by atoms with Crippen LogP contribution in [0, 0.1) is 27.7 Å². The normalized spacial score (nSPS) is 12.6. The number of aromatic carboxylic acids is 1. The summed E-state index contributed by atoms with van der Waals surface area (Å²) in [6.45, 7) is 9.38. The van der Waals surface area contributed by atoms with Crippen LogP contribution >= 0.6 is 0 Å². The van der Waals surface area contributed by atoms with E-state index < -0.39 is 18.0 Å². The molecule has 7 nitrogen and oxygen atoms in total. The summed E-state index contributed by atoms with van der Waals surface area (Å²) in [4.78, 5) is 30.0. The summed E-state index contributed by atoms with van der Waals surface area (Å²) in [6, 6.07) is 19.4. The Hall–Kier alpha value is -4.91. The van der Waals surface area contributed by atoms with Crippen LogP contribution in [0.3, 0.4) is 0 Å². The Kier molecular flexibility index (Phi) is 7.85. The molecule has 0 fully saturated rings. The Labute approximate surface area is 245 Å². The van der Waals surface area contributed by atoms with Crippen molar-refractivity contribution in [1.82, 2.24) is 9.55 Å². The summed E-state index contributed by atoms with van der Waals surface area (Å²) in [6.07, 6.45) is 4.53. The van der Waals surface area contributed by atoms with E-state index in [9.17, 15) is 14.7 Å². The van der Waals surface area contributed by atoms with Crippen molar-refractivity contribution in [3.63, 3.8) is 0 Å². The van der Waals surface area contributed by atoms with Gasteiger partial charge in [0.05, 0.1) is 24.9 Å². The predicted octanol–water partition coefficient (Wildman–Crippen LogP) is 7.40. The van der Waals surface area contributed by atoms with Gasteiger partial charge in [-0.25, -0.2) is 9.78 Å². The van der Waals surface area contributed by atoms with Crippen molar-refractivity contribution in [3.05, 3.63) is 124 Å². The molecule has 0 amide bonds. The molecule has 1 aromatic heterocycles. The van der Waals surface area contributed by atoms with E-state index in [1.807, 2.05) is 93.1 Å². The first-order chi connectivity index (χ1) is 20.1. The van der Waals surface area contributed by atoms with Gasteiger partial charge in [-0.3, -0.25) is 4.79 Å². The van der Waals surface area contributed by atoms with E-state index in [-0.39, 0.29) is 11.5 Å². The average molecular weight is 563 g/mol. The molecule has 7 heteroatoms. The minimum atomic E-state index is -0.986. The zero-order valence-electron chi connectivity index (χ0n) is 24.6. The van der Waals surface area contributed by atoms with Gasteiger partial charge in [-0.15, -0.1) is 0 Å². The van der Waals surface area contributed by atoms with Gasteiger partial charge in [-0.05, 0) is 104 Å². The molecule has 0 saturated heterocycles. The number of aryl methyl sites for hydroxylation is 2. The van der Waals surface area contributed by atoms with Crippen LogP contribution in [0.15, 0.2) is 79.4 Å². The van der Waals surface area contributed by atoms with E-state index in [0.717, 1.165) is 55.6 Å². The van der Waals surface area contributed by atoms with Crippen LogP contribution in [0.2, 0.25) is 0 Å². The van der Waals surface area contributed by atoms with E-state index in [0.29, 0.717) is 5.56 Å². The molecule has 0 aliphatic heterocycles. The third kappa shape index (κ3) is 5.38. The van der Waals surface area contributed by atoms with Gasteiger partial charge in [0.25, 0.3) is 0 Å². The Morgan fingerprint density at radius 3 is 2.31 bits per heavy atom. The summed E-state index contributed by atoms with van der Waals surface area (Å²) >= 11 is 0. The lowest BCUT2D eigenvalue weighted by molar-refractivity contribution is -0.149. The lowest BCUT2D eigenvalue weighted by Crippen LogP contribution is -2.21. The summed E-state index contributed by atoms with van der Waals surface area (Å²) in [5.74, 6) is -1.14. The molecule has 42 heavy (non-hydrogen) atoms. The summed E-state index contributed by atoms with van der Waals surface area (Å²) in [5, 5.41) is 11.8. The summed E-state index contributed by atoms with van der Waals surface area (Å²) in [7, 11) is 1.64. The molecule has 4 aromatic carbocycles. The van der Waals surface area contributed by atoms with Crippen LogP contribution < -0.4 is 4.74 Å². The van der Waals surface area contributed by atoms with Crippen molar-refractivity contribution in [3.8, 4) is 11.4 Å². The molecular formula is C35H34N2O5. The largest absolute Gasteiger partial charge is 0.497 e. The van der Waals surface area contributed by atoms with Gasteiger partial charge >= 0.3 is 11.9 Å². The molecule has 1 N–H and O–H groups in total. The van der Waals surface area contributed by atoms with Crippen molar-refractivity contribution in [1.29, 1.82) is 0 Å². The first-order valence-electron chi connectivity index (χ1n) is 13.8. The summed E-state index contributed by atoms with van der Waals surface area (Å²) in [5.41, 5.74) is 6.68. The number of benzene rings is 4. The number of ether oxygens (including phenoxy) is 2. The highest BCUT2D eigenvalue weighted by molar-refractivity contribution is 5.90. The molecule has 5 aromatic rings. The quantitative estimate of drug-likeness (QED) is 0.198. The second kappa shape index (κ2) is 11.5. The molecule has 5 rings (SSSR count). The molecule has 0 saturated carbocycles. The van der Waals surface area contributed by atoms with Crippen molar-refractivity contribution in [2.24, 2.45) is 0 Å². The minimum Gasteiger partial charge on any atom is -0.497 e. The maximum atomic E-state index is 13.9. The molecule has 2 atom stereocenters. The number of fused-ring (bicyclic) bond motifs is 1. The monoisotopic (exact) mass is 562 g/mol. The molecule has 1 heterocycles.